The van der Waals surface area contributed by atoms with Gasteiger partial charge in [0.1, 0.15) is 0 Å². The molecule has 1 aromatic carbocycles. The maximum atomic E-state index is 12.3. The number of carbonyl (C=O) groups excluding carboxylic acids is 1. The van der Waals surface area contributed by atoms with Gasteiger partial charge >= 0.3 is 0 Å². The van der Waals surface area contributed by atoms with Crippen LogP contribution in [0.3, 0.4) is 0 Å². The second-order valence-electron chi connectivity index (χ2n) is 4.94. The van der Waals surface area contributed by atoms with E-state index in [1.54, 1.807) is 4.90 Å². The maximum absolute atomic E-state index is 12.3. The molecule has 3 N–H and O–H groups in total. The minimum Gasteiger partial charge on any atom is -0.504 e. The molecule has 3 rings (SSSR count). The van der Waals surface area contributed by atoms with Gasteiger partial charge in [-0.25, -0.2) is 4.68 Å². The Labute approximate surface area is 116 Å². The number of para-hydroxylation sites is 1. The molecule has 0 radical (unpaired) electrons. The zero-order valence-electron chi connectivity index (χ0n) is 10.9. The highest BCUT2D eigenvalue weighted by atomic mass is 16.3. The molecule has 0 bridgehead atoms. The molecule has 1 amide bonds. The molecular formula is C14H16N4O2. The van der Waals surface area contributed by atoms with Crippen LogP contribution >= 0.6 is 0 Å². The van der Waals surface area contributed by atoms with E-state index < -0.39 is 0 Å². The lowest BCUT2D eigenvalue weighted by Gasteiger charge is -2.13. The van der Waals surface area contributed by atoms with Crippen LogP contribution in [0.4, 0.5) is 0 Å². The SMILES string of the molecule is N[C@@H]1CCN(C(=O)c2nn(-c3ccccc3)cc2O)C1. The minimum atomic E-state index is -0.273. The van der Waals surface area contributed by atoms with Crippen molar-refractivity contribution in [2.24, 2.45) is 5.73 Å². The molecular weight excluding hydrogens is 256 g/mol. The van der Waals surface area contributed by atoms with Crippen LogP contribution in [-0.4, -0.2) is 44.8 Å². The van der Waals surface area contributed by atoms with Crippen molar-refractivity contribution in [1.29, 1.82) is 0 Å². The summed E-state index contributed by atoms with van der Waals surface area (Å²) < 4.78 is 1.50. The predicted molar refractivity (Wildman–Crippen MR) is 73.7 cm³/mol. The molecule has 6 heteroatoms. The van der Waals surface area contributed by atoms with E-state index in [1.165, 1.54) is 10.9 Å². The molecule has 1 fully saturated rings. The van der Waals surface area contributed by atoms with Gasteiger partial charge in [0.2, 0.25) is 0 Å². The summed E-state index contributed by atoms with van der Waals surface area (Å²) in [6.45, 7) is 1.12. The average molecular weight is 272 g/mol. The second-order valence-corrected chi connectivity index (χ2v) is 4.94. The van der Waals surface area contributed by atoms with E-state index in [1.807, 2.05) is 30.3 Å². The molecule has 1 aliphatic rings. The zero-order valence-corrected chi connectivity index (χ0v) is 10.9. The third-order valence-electron chi connectivity index (χ3n) is 3.43. The Bertz CT molecular complexity index is 623. The average Bonchev–Trinajstić information content (AvgIpc) is 3.05. The fourth-order valence-electron chi connectivity index (χ4n) is 2.35. The minimum absolute atomic E-state index is 0.0114. The quantitative estimate of drug-likeness (QED) is 0.845. The van der Waals surface area contributed by atoms with E-state index in [2.05, 4.69) is 5.10 Å². The van der Waals surface area contributed by atoms with Crippen LogP contribution in [0.25, 0.3) is 5.69 Å². The molecule has 2 heterocycles. The maximum Gasteiger partial charge on any atom is 0.278 e. The van der Waals surface area contributed by atoms with Crippen LogP contribution in [-0.2, 0) is 0 Å². The summed E-state index contributed by atoms with van der Waals surface area (Å²) in [5, 5.41) is 14.1. The van der Waals surface area contributed by atoms with Crippen molar-refractivity contribution in [2.75, 3.05) is 13.1 Å². The molecule has 1 aliphatic heterocycles. The number of amides is 1. The largest absolute Gasteiger partial charge is 0.504 e. The van der Waals surface area contributed by atoms with Crippen LogP contribution in [0, 0.1) is 0 Å². The van der Waals surface area contributed by atoms with Crippen LogP contribution in [0.5, 0.6) is 5.75 Å². The Morgan fingerprint density at radius 1 is 1.35 bits per heavy atom. The van der Waals surface area contributed by atoms with Crippen molar-refractivity contribution < 1.29 is 9.90 Å². The van der Waals surface area contributed by atoms with Gasteiger partial charge < -0.3 is 15.7 Å². The first-order chi connectivity index (χ1) is 9.65. The van der Waals surface area contributed by atoms with Crippen molar-refractivity contribution in [2.45, 2.75) is 12.5 Å². The molecule has 2 aromatic rings. The Morgan fingerprint density at radius 3 is 2.75 bits per heavy atom. The van der Waals surface area contributed by atoms with E-state index >= 15 is 0 Å². The van der Waals surface area contributed by atoms with E-state index in [-0.39, 0.29) is 23.4 Å². The van der Waals surface area contributed by atoms with Gasteiger partial charge in [0.05, 0.1) is 11.9 Å². The highest BCUT2D eigenvalue weighted by molar-refractivity contribution is 5.95. The highest BCUT2D eigenvalue weighted by Crippen LogP contribution is 2.21. The van der Waals surface area contributed by atoms with E-state index in [0.29, 0.717) is 13.1 Å². The van der Waals surface area contributed by atoms with Crippen molar-refractivity contribution in [3.8, 4) is 11.4 Å². The molecule has 1 saturated heterocycles. The summed E-state index contributed by atoms with van der Waals surface area (Å²) >= 11 is 0. The highest BCUT2D eigenvalue weighted by Gasteiger charge is 2.28. The van der Waals surface area contributed by atoms with Gasteiger partial charge in [-0.2, -0.15) is 5.10 Å². The fourth-order valence-corrected chi connectivity index (χ4v) is 2.35. The van der Waals surface area contributed by atoms with Crippen LogP contribution in [0.2, 0.25) is 0 Å². The molecule has 0 unspecified atom stereocenters. The number of aromatic nitrogens is 2. The number of nitrogens with zero attached hydrogens (tertiary/aromatic N) is 3. The van der Waals surface area contributed by atoms with Crippen molar-refractivity contribution in [1.82, 2.24) is 14.7 Å². The van der Waals surface area contributed by atoms with Crippen LogP contribution in [0.1, 0.15) is 16.9 Å². The molecule has 1 atom stereocenters. The van der Waals surface area contributed by atoms with Crippen molar-refractivity contribution in [3.05, 3.63) is 42.2 Å². The first-order valence-electron chi connectivity index (χ1n) is 6.54. The molecule has 6 nitrogen and oxygen atoms in total. The number of nitrogens with two attached hydrogens (primary N) is 1. The summed E-state index contributed by atoms with van der Waals surface area (Å²) in [4.78, 5) is 13.9. The van der Waals surface area contributed by atoms with Gasteiger partial charge in [-0.1, -0.05) is 18.2 Å². The first kappa shape index (κ1) is 12.7. The Morgan fingerprint density at radius 2 is 2.10 bits per heavy atom. The predicted octanol–water partition coefficient (Wildman–Crippen LogP) is 0.751. The third-order valence-corrected chi connectivity index (χ3v) is 3.43. The summed E-state index contributed by atoms with van der Waals surface area (Å²) in [5.74, 6) is -0.385. The van der Waals surface area contributed by atoms with Crippen molar-refractivity contribution in [3.63, 3.8) is 0 Å². The Balaban J connectivity index is 1.88. The number of likely N-dealkylation sites (tertiary alicyclic amines) is 1. The number of hydrogen-bond donors (Lipinski definition) is 2. The summed E-state index contributed by atoms with van der Waals surface area (Å²) in [6.07, 6.45) is 2.23. The molecule has 0 saturated carbocycles. The lowest BCUT2D eigenvalue weighted by Crippen LogP contribution is -2.32. The Hall–Kier alpha value is -2.34. The monoisotopic (exact) mass is 272 g/mol. The van der Waals surface area contributed by atoms with Gasteiger partial charge in [-0.3, -0.25) is 4.79 Å². The molecule has 104 valence electrons. The van der Waals surface area contributed by atoms with Crippen LogP contribution < -0.4 is 5.73 Å². The lowest BCUT2D eigenvalue weighted by atomic mass is 10.3. The Kier molecular flexibility index (Phi) is 3.15. The van der Waals surface area contributed by atoms with Gasteiger partial charge in [0.25, 0.3) is 5.91 Å². The number of benzene rings is 1. The molecule has 20 heavy (non-hydrogen) atoms. The standard InChI is InChI=1S/C14H16N4O2/c15-10-6-7-17(8-10)14(20)13-12(19)9-18(16-13)11-4-2-1-3-5-11/h1-5,9-10,19H,6-8,15H2/t10-/m1/s1. The smallest absolute Gasteiger partial charge is 0.278 e. The van der Waals surface area contributed by atoms with Gasteiger partial charge in [-0.15, -0.1) is 0 Å². The second kappa shape index (κ2) is 4.97. The zero-order chi connectivity index (χ0) is 14.1. The number of hydrogen-bond acceptors (Lipinski definition) is 4. The van der Waals surface area contributed by atoms with E-state index in [0.717, 1.165) is 12.1 Å². The number of rotatable bonds is 2. The third kappa shape index (κ3) is 2.25. The topological polar surface area (TPSA) is 84.4 Å². The van der Waals surface area contributed by atoms with Gasteiger partial charge in [-0.05, 0) is 18.6 Å². The number of carbonyl (C=O) groups is 1. The number of aromatic hydroxyl groups is 1. The van der Waals surface area contributed by atoms with Gasteiger partial charge in [0, 0.05) is 19.1 Å². The lowest BCUT2D eigenvalue weighted by molar-refractivity contribution is 0.0781. The van der Waals surface area contributed by atoms with E-state index in [4.69, 9.17) is 5.73 Å². The van der Waals surface area contributed by atoms with E-state index in [9.17, 15) is 9.90 Å². The molecule has 0 spiro atoms. The molecule has 0 aliphatic carbocycles. The first-order valence-corrected chi connectivity index (χ1v) is 6.54. The fraction of sp³-hybridized carbons (Fsp3) is 0.286. The summed E-state index contributed by atoms with van der Waals surface area (Å²) in [5.41, 5.74) is 6.66. The normalized spacial score (nSPS) is 18.4. The molecule has 1 aromatic heterocycles. The van der Waals surface area contributed by atoms with Crippen LogP contribution in [0.15, 0.2) is 36.5 Å². The van der Waals surface area contributed by atoms with Gasteiger partial charge in [0.15, 0.2) is 11.4 Å². The summed E-state index contributed by atoms with van der Waals surface area (Å²) in [7, 11) is 0. The van der Waals surface area contributed by atoms with Crippen molar-refractivity contribution >= 4 is 5.91 Å². The summed E-state index contributed by atoms with van der Waals surface area (Å²) in [6, 6.07) is 9.35.